The minimum Gasteiger partial charge on any atom is -0.480 e. The number of carbonyl (C=O) groups is 4. The minimum absolute atomic E-state index is 0.0202. The van der Waals surface area contributed by atoms with Crippen LogP contribution in [0.25, 0.3) is 0 Å². The number of carboxylic acid groups (broad SMARTS) is 1. The Morgan fingerprint density at radius 2 is 1.79 bits per heavy atom. The summed E-state index contributed by atoms with van der Waals surface area (Å²) in [4.78, 5) is 61.5. The molecule has 38 heavy (non-hydrogen) atoms. The maximum Gasteiger partial charge on any atom is 0.326 e. The number of rotatable bonds is 18. The Kier molecular flexibility index (Phi) is 14.8. The van der Waals surface area contributed by atoms with E-state index in [1.165, 1.54) is 12.5 Å². The molecule has 5 atom stereocenters. The number of nitrogens with one attached hydrogen (secondary N) is 4. The number of hydrogen-bond acceptors (Lipinski definition) is 8. The van der Waals surface area contributed by atoms with E-state index in [4.69, 9.17) is 17.2 Å². The normalized spacial score (nSPS) is 14.8. The van der Waals surface area contributed by atoms with Crippen LogP contribution in [-0.4, -0.2) is 87.4 Å². The zero-order chi connectivity index (χ0) is 28.7. The maximum absolute atomic E-state index is 13.3. The van der Waals surface area contributed by atoms with Crippen molar-refractivity contribution in [1.29, 1.82) is 0 Å². The Morgan fingerprint density at radius 3 is 2.34 bits per heavy atom. The van der Waals surface area contributed by atoms with Gasteiger partial charge in [0.25, 0.3) is 0 Å². The minimum atomic E-state index is -1.24. The molecular weight excluding hydrogens is 514 g/mol. The number of thioether (sulfide) groups is 1. The summed E-state index contributed by atoms with van der Waals surface area (Å²) in [5, 5.41) is 17.5. The predicted molar refractivity (Wildman–Crippen MR) is 146 cm³/mol. The second-order valence-electron chi connectivity index (χ2n) is 8.95. The molecule has 3 amide bonds. The second kappa shape index (κ2) is 17.2. The second-order valence-corrected chi connectivity index (χ2v) is 9.94. The number of nitrogens with two attached hydrogens (primary N) is 3. The van der Waals surface area contributed by atoms with Gasteiger partial charge in [0.1, 0.15) is 18.1 Å². The topological polar surface area (TPSA) is 244 Å². The quantitative estimate of drug-likeness (QED) is 0.0602. The average Bonchev–Trinajstić information content (AvgIpc) is 3.39. The van der Waals surface area contributed by atoms with Crippen molar-refractivity contribution in [3.8, 4) is 0 Å². The van der Waals surface area contributed by atoms with Crippen molar-refractivity contribution < 1.29 is 24.3 Å². The Hall–Kier alpha value is -3.33. The van der Waals surface area contributed by atoms with Gasteiger partial charge in [0.2, 0.25) is 17.7 Å². The summed E-state index contributed by atoms with van der Waals surface area (Å²) in [6.07, 6.45) is 6.26. The molecule has 0 aromatic carbocycles. The van der Waals surface area contributed by atoms with Gasteiger partial charge in [-0.05, 0) is 37.2 Å². The third-order valence-electron chi connectivity index (χ3n) is 5.93. The first-order valence-electron chi connectivity index (χ1n) is 12.4. The fraction of sp³-hybridized carbons (Fsp3) is 0.652. The summed E-state index contributed by atoms with van der Waals surface area (Å²) in [5.41, 5.74) is 17.1. The van der Waals surface area contributed by atoms with Crippen LogP contribution in [-0.2, 0) is 25.6 Å². The third kappa shape index (κ3) is 11.8. The van der Waals surface area contributed by atoms with Gasteiger partial charge in [-0.2, -0.15) is 11.8 Å². The largest absolute Gasteiger partial charge is 0.480 e. The number of nitrogens with zero attached hydrogens (tertiary/aromatic N) is 2. The smallest absolute Gasteiger partial charge is 0.326 e. The number of imidazole rings is 1. The van der Waals surface area contributed by atoms with Gasteiger partial charge in [0, 0.05) is 24.9 Å². The molecule has 0 aliphatic heterocycles. The highest BCUT2D eigenvalue weighted by molar-refractivity contribution is 7.98. The number of carboxylic acids is 1. The van der Waals surface area contributed by atoms with Crippen molar-refractivity contribution in [3.05, 3.63) is 18.2 Å². The molecule has 214 valence electrons. The van der Waals surface area contributed by atoms with E-state index < -0.39 is 47.9 Å². The van der Waals surface area contributed by atoms with Gasteiger partial charge in [-0.1, -0.05) is 20.3 Å². The summed E-state index contributed by atoms with van der Waals surface area (Å²) >= 11 is 1.56. The Labute approximate surface area is 226 Å². The predicted octanol–water partition coefficient (Wildman–Crippen LogP) is -1.33. The standard InChI is InChI=1S/C23H41N9O5S/c1-4-13(2)18(32-19(33)15(24)7-9-38-3)21(35)31-17(10-14-11-27-12-29-14)20(34)30-16(22(36)37)6-5-8-28-23(25)26/h11-13,15-18H,4-10,24H2,1-3H3,(H,27,29)(H,30,34)(H,31,35)(H,32,33)(H,36,37)(H4,25,26,28). The van der Waals surface area contributed by atoms with Crippen molar-refractivity contribution in [2.75, 3.05) is 18.6 Å². The van der Waals surface area contributed by atoms with Gasteiger partial charge >= 0.3 is 5.97 Å². The molecule has 5 unspecified atom stereocenters. The third-order valence-corrected chi connectivity index (χ3v) is 6.58. The summed E-state index contributed by atoms with van der Waals surface area (Å²) in [5.74, 6) is -2.66. The number of amides is 3. The van der Waals surface area contributed by atoms with E-state index in [2.05, 4.69) is 30.9 Å². The van der Waals surface area contributed by atoms with Gasteiger partial charge in [-0.15, -0.1) is 0 Å². The summed E-state index contributed by atoms with van der Waals surface area (Å²) in [6.45, 7) is 3.88. The van der Waals surface area contributed by atoms with Crippen molar-refractivity contribution in [2.45, 2.75) is 70.1 Å². The monoisotopic (exact) mass is 555 g/mol. The van der Waals surface area contributed by atoms with E-state index in [0.717, 1.165) is 0 Å². The molecule has 0 saturated carbocycles. The molecule has 1 aromatic rings. The Morgan fingerprint density at radius 1 is 1.11 bits per heavy atom. The first-order valence-corrected chi connectivity index (χ1v) is 13.8. The van der Waals surface area contributed by atoms with Crippen molar-refractivity contribution in [1.82, 2.24) is 25.9 Å². The van der Waals surface area contributed by atoms with Crippen LogP contribution >= 0.6 is 11.8 Å². The number of aromatic amines is 1. The number of aromatic nitrogens is 2. The van der Waals surface area contributed by atoms with Crippen LogP contribution in [0.5, 0.6) is 0 Å². The number of aliphatic imine (C=N–C) groups is 1. The molecule has 0 spiro atoms. The molecule has 15 heteroatoms. The number of guanidine groups is 1. The van der Waals surface area contributed by atoms with Crippen molar-refractivity contribution >= 4 is 41.4 Å². The van der Waals surface area contributed by atoms with E-state index in [-0.39, 0.29) is 31.3 Å². The lowest BCUT2D eigenvalue weighted by Gasteiger charge is -2.28. The molecule has 0 saturated heterocycles. The highest BCUT2D eigenvalue weighted by atomic mass is 32.2. The van der Waals surface area contributed by atoms with Gasteiger partial charge in [-0.25, -0.2) is 9.78 Å². The van der Waals surface area contributed by atoms with Crippen LogP contribution in [0.4, 0.5) is 0 Å². The van der Waals surface area contributed by atoms with E-state index in [0.29, 0.717) is 30.7 Å². The van der Waals surface area contributed by atoms with E-state index >= 15 is 0 Å². The Bertz CT molecular complexity index is 924. The highest BCUT2D eigenvalue weighted by Gasteiger charge is 2.32. The van der Waals surface area contributed by atoms with Crippen LogP contribution in [0.2, 0.25) is 0 Å². The first-order chi connectivity index (χ1) is 18.0. The summed E-state index contributed by atoms with van der Waals surface area (Å²) in [6, 6.07) is -4.09. The van der Waals surface area contributed by atoms with Crippen LogP contribution in [0, 0.1) is 5.92 Å². The van der Waals surface area contributed by atoms with Crippen LogP contribution in [0.1, 0.15) is 45.2 Å². The molecule has 0 aliphatic carbocycles. The number of carbonyl (C=O) groups excluding carboxylic acids is 3. The molecule has 0 radical (unpaired) electrons. The van der Waals surface area contributed by atoms with Gasteiger partial charge in [0.05, 0.1) is 12.4 Å². The molecule has 0 aliphatic rings. The van der Waals surface area contributed by atoms with Crippen LogP contribution in [0.15, 0.2) is 17.5 Å². The molecule has 0 bridgehead atoms. The van der Waals surface area contributed by atoms with E-state index in [1.807, 2.05) is 13.2 Å². The Balaban J connectivity index is 3.03. The molecule has 0 fully saturated rings. The summed E-state index contributed by atoms with van der Waals surface area (Å²) < 4.78 is 0. The van der Waals surface area contributed by atoms with Gasteiger partial charge < -0.3 is 43.2 Å². The van der Waals surface area contributed by atoms with E-state index in [1.54, 1.807) is 18.7 Å². The van der Waals surface area contributed by atoms with Crippen LogP contribution < -0.4 is 33.2 Å². The van der Waals surface area contributed by atoms with Crippen LogP contribution in [0.3, 0.4) is 0 Å². The average molecular weight is 556 g/mol. The number of H-pyrrole nitrogens is 1. The SMILES string of the molecule is CCC(C)C(NC(=O)C(N)CCSC)C(=O)NC(Cc1cnc[nH]1)C(=O)NC(CCCN=C(N)N)C(=O)O. The lowest BCUT2D eigenvalue weighted by Crippen LogP contribution is -2.59. The molecular formula is C23H41N9O5S. The molecule has 1 aromatic heterocycles. The van der Waals surface area contributed by atoms with Gasteiger partial charge in [-0.3, -0.25) is 19.4 Å². The number of hydrogen-bond donors (Lipinski definition) is 8. The highest BCUT2D eigenvalue weighted by Crippen LogP contribution is 2.11. The molecule has 14 nitrogen and oxygen atoms in total. The lowest BCUT2D eigenvalue weighted by molar-refractivity contribution is -0.142. The number of aliphatic carboxylic acids is 1. The fourth-order valence-corrected chi connectivity index (χ4v) is 3.95. The van der Waals surface area contributed by atoms with Gasteiger partial charge in [0.15, 0.2) is 5.96 Å². The lowest BCUT2D eigenvalue weighted by atomic mass is 9.97. The molecule has 1 heterocycles. The maximum atomic E-state index is 13.3. The van der Waals surface area contributed by atoms with E-state index in [9.17, 15) is 24.3 Å². The summed E-state index contributed by atoms with van der Waals surface area (Å²) in [7, 11) is 0. The first kappa shape index (κ1) is 32.7. The zero-order valence-corrected chi connectivity index (χ0v) is 22.9. The van der Waals surface area contributed by atoms with Crippen molar-refractivity contribution in [2.24, 2.45) is 28.1 Å². The zero-order valence-electron chi connectivity index (χ0n) is 22.1. The fourth-order valence-electron chi connectivity index (χ4n) is 3.46. The molecule has 1 rings (SSSR count). The molecule has 11 N–H and O–H groups in total. The van der Waals surface area contributed by atoms with Crippen molar-refractivity contribution in [3.63, 3.8) is 0 Å².